The number of benzene rings is 2. The van der Waals surface area contributed by atoms with Crippen LogP contribution in [0.15, 0.2) is 65.1 Å². The molecule has 3 fully saturated rings. The van der Waals surface area contributed by atoms with E-state index in [2.05, 4.69) is 15.4 Å². The van der Waals surface area contributed by atoms with Crippen molar-refractivity contribution in [1.82, 2.24) is 30.2 Å². The second-order valence-electron chi connectivity index (χ2n) is 16.8. The minimum atomic E-state index is -3.94. The first-order chi connectivity index (χ1) is 28.1. The lowest BCUT2D eigenvalue weighted by atomic mass is 10.0. The van der Waals surface area contributed by atoms with Crippen LogP contribution in [0, 0.1) is 11.7 Å². The smallest absolute Gasteiger partial charge is 0.408 e. The normalized spacial score (nSPS) is 25.9. The van der Waals surface area contributed by atoms with Gasteiger partial charge in [0.05, 0.1) is 11.8 Å². The molecular formula is C42H47FN6O9S. The summed E-state index contributed by atoms with van der Waals surface area (Å²) in [7, 11) is -3.94. The molecule has 0 radical (unpaired) electrons. The summed E-state index contributed by atoms with van der Waals surface area (Å²) in [5.74, 6) is -2.78. The van der Waals surface area contributed by atoms with Crippen LogP contribution in [0.5, 0.6) is 5.88 Å². The molecule has 0 spiro atoms. The van der Waals surface area contributed by atoms with E-state index < -0.39 is 80.2 Å². The van der Waals surface area contributed by atoms with Crippen LogP contribution in [0.2, 0.25) is 0 Å². The van der Waals surface area contributed by atoms with E-state index in [1.807, 2.05) is 42.5 Å². The van der Waals surface area contributed by atoms with E-state index in [9.17, 15) is 32.0 Å². The number of rotatable bonds is 7. The maximum Gasteiger partial charge on any atom is 0.408 e. The number of ether oxygens (including phenoxy) is 2. The standard InChI is InChI=1S/C42H47FN6O9S/c1-41(2,3)58-40(53)44-30-15-11-6-4-5-10-14-25-22-42(25,39(52)48-59(54,55)28-17-18-28)47-36(50)31-21-27(23-49(31)38(30)51)56-37-34-33(29-20-26(43)16-19-32(29)57-34)45-35(46-37)24-12-8-7-9-13-24/h7-10,12-14,16,19-20,25,27-28,30-31H,4-6,11,15,17-18,21-23H2,1-3H3,(H,44,53)(H,47,50)(H,48,52)/b14-10-/t25-,27+,30-,31+,42-/m1/s1. The van der Waals surface area contributed by atoms with Crippen molar-refractivity contribution in [1.29, 1.82) is 0 Å². The average molecular weight is 831 g/mol. The third-order valence-electron chi connectivity index (χ3n) is 11.1. The van der Waals surface area contributed by atoms with E-state index in [1.54, 1.807) is 20.8 Å². The molecule has 2 saturated carbocycles. The SMILES string of the molecule is CC(C)(C)OC(=O)N[C@@H]1CCCCC/C=C\[C@@H]2C[C@@]2(C(=O)NS(=O)(=O)C2CC2)NC(=O)[C@@H]2C[C@H](Oc3nc(-c4ccccc4)nc4c3oc3ccc(F)cc34)CN2C1=O. The van der Waals surface area contributed by atoms with Crippen molar-refractivity contribution in [2.24, 2.45) is 5.92 Å². The highest BCUT2D eigenvalue weighted by atomic mass is 32.2. The summed E-state index contributed by atoms with van der Waals surface area (Å²) >= 11 is 0. The number of nitrogens with one attached hydrogen (secondary N) is 3. The number of carbonyl (C=O) groups excluding carboxylic acids is 4. The minimum Gasteiger partial charge on any atom is -0.470 e. The van der Waals surface area contributed by atoms with Crippen LogP contribution in [-0.4, -0.2) is 88.2 Å². The fourth-order valence-electron chi connectivity index (χ4n) is 7.84. The van der Waals surface area contributed by atoms with Crippen LogP contribution in [0.3, 0.4) is 0 Å². The molecule has 2 aliphatic carbocycles. The fraction of sp³-hybridized carbons (Fsp3) is 0.476. The summed E-state index contributed by atoms with van der Waals surface area (Å²) in [6.07, 6.45) is 6.05. The molecule has 5 atom stereocenters. The summed E-state index contributed by atoms with van der Waals surface area (Å²) in [5.41, 5.74) is -0.986. The lowest BCUT2D eigenvalue weighted by Gasteiger charge is -2.30. The number of amides is 4. The Labute approximate surface area is 340 Å². The molecule has 8 rings (SSSR count). The van der Waals surface area contributed by atoms with Crippen LogP contribution >= 0.6 is 0 Å². The molecule has 2 aromatic heterocycles. The van der Waals surface area contributed by atoms with Crippen LogP contribution in [0.1, 0.15) is 78.6 Å². The van der Waals surface area contributed by atoms with Gasteiger partial charge in [-0.3, -0.25) is 19.1 Å². The van der Waals surface area contributed by atoms with Gasteiger partial charge in [0, 0.05) is 23.3 Å². The summed E-state index contributed by atoms with van der Waals surface area (Å²) < 4.78 is 60.7. The number of furan rings is 1. The Hall–Kier alpha value is -5.58. The van der Waals surface area contributed by atoms with Gasteiger partial charge in [-0.15, -0.1) is 0 Å². The number of carbonyl (C=O) groups is 4. The van der Waals surface area contributed by atoms with Crippen molar-refractivity contribution in [2.75, 3.05) is 6.54 Å². The zero-order valence-electron chi connectivity index (χ0n) is 33.0. The first kappa shape index (κ1) is 40.2. The third kappa shape index (κ3) is 8.61. The van der Waals surface area contributed by atoms with Gasteiger partial charge in [-0.1, -0.05) is 55.3 Å². The van der Waals surface area contributed by atoms with Gasteiger partial charge in [0.25, 0.3) is 11.8 Å². The predicted molar refractivity (Wildman–Crippen MR) is 214 cm³/mol. The summed E-state index contributed by atoms with van der Waals surface area (Å²) in [6.45, 7) is 4.99. The first-order valence-electron chi connectivity index (χ1n) is 20.1. The monoisotopic (exact) mass is 830 g/mol. The Morgan fingerprint density at radius 3 is 2.56 bits per heavy atom. The zero-order chi connectivity index (χ0) is 41.7. The summed E-state index contributed by atoms with van der Waals surface area (Å²) in [4.78, 5) is 66.9. The van der Waals surface area contributed by atoms with Crippen molar-refractivity contribution in [3.8, 4) is 17.3 Å². The molecule has 3 N–H and O–H groups in total. The molecule has 4 amide bonds. The van der Waals surface area contributed by atoms with Crippen molar-refractivity contribution in [2.45, 2.75) is 113 Å². The van der Waals surface area contributed by atoms with Gasteiger partial charge in [0.1, 0.15) is 46.2 Å². The number of halogens is 1. The van der Waals surface area contributed by atoms with Gasteiger partial charge in [-0.2, -0.15) is 4.98 Å². The maximum atomic E-state index is 14.7. The molecule has 1 saturated heterocycles. The predicted octanol–water partition coefficient (Wildman–Crippen LogP) is 5.43. The Bertz CT molecular complexity index is 2450. The van der Waals surface area contributed by atoms with E-state index in [1.165, 1.54) is 23.1 Å². The Morgan fingerprint density at radius 2 is 1.81 bits per heavy atom. The zero-order valence-corrected chi connectivity index (χ0v) is 33.8. The highest BCUT2D eigenvalue weighted by Crippen LogP contribution is 2.46. The average Bonchev–Trinajstić information content (AvgIpc) is 4.08. The van der Waals surface area contributed by atoms with Gasteiger partial charge in [0.2, 0.25) is 27.4 Å². The summed E-state index contributed by atoms with van der Waals surface area (Å²) in [6, 6.07) is 10.9. The largest absolute Gasteiger partial charge is 0.470 e. The molecule has 0 bridgehead atoms. The first-order valence-corrected chi connectivity index (χ1v) is 21.6. The van der Waals surface area contributed by atoms with E-state index >= 15 is 0 Å². The second-order valence-corrected chi connectivity index (χ2v) is 18.8. The number of hydrogen-bond donors (Lipinski definition) is 3. The van der Waals surface area contributed by atoms with Crippen LogP contribution in [-0.2, 0) is 29.1 Å². The number of fused-ring (bicyclic) bond motifs is 5. The van der Waals surface area contributed by atoms with Gasteiger partial charge in [0.15, 0.2) is 5.82 Å². The molecule has 4 aromatic rings. The van der Waals surface area contributed by atoms with Crippen LogP contribution < -0.4 is 20.1 Å². The van der Waals surface area contributed by atoms with E-state index in [0.29, 0.717) is 47.7 Å². The number of hydrogen-bond acceptors (Lipinski definition) is 11. The van der Waals surface area contributed by atoms with Gasteiger partial charge < -0.3 is 29.4 Å². The summed E-state index contributed by atoms with van der Waals surface area (Å²) in [5, 5.41) is 5.32. The number of aromatic nitrogens is 2. The lowest BCUT2D eigenvalue weighted by Crippen LogP contribution is -2.58. The van der Waals surface area contributed by atoms with Crippen molar-refractivity contribution in [3.63, 3.8) is 0 Å². The Kier molecular flexibility index (Phi) is 10.6. The Morgan fingerprint density at radius 1 is 1.03 bits per heavy atom. The van der Waals surface area contributed by atoms with Gasteiger partial charge >= 0.3 is 6.09 Å². The second kappa shape index (κ2) is 15.5. The van der Waals surface area contributed by atoms with Gasteiger partial charge in [-0.05, 0) is 77.5 Å². The number of nitrogens with zero attached hydrogens (tertiary/aromatic N) is 3. The topological polar surface area (TPSA) is 199 Å². The van der Waals surface area contributed by atoms with Crippen LogP contribution in [0.4, 0.5) is 9.18 Å². The van der Waals surface area contributed by atoms with Crippen molar-refractivity contribution in [3.05, 3.63) is 66.5 Å². The van der Waals surface area contributed by atoms with E-state index in [4.69, 9.17) is 23.9 Å². The molecule has 2 aliphatic heterocycles. The molecule has 4 heterocycles. The van der Waals surface area contributed by atoms with E-state index in [-0.39, 0.29) is 43.1 Å². The molecule has 4 aliphatic rings. The molecule has 15 nitrogen and oxygen atoms in total. The molecule has 17 heteroatoms. The lowest BCUT2D eigenvalue weighted by molar-refractivity contribution is -0.141. The minimum absolute atomic E-state index is 0.00279. The maximum absolute atomic E-state index is 14.7. The van der Waals surface area contributed by atoms with Gasteiger partial charge in [-0.25, -0.2) is 22.6 Å². The highest BCUT2D eigenvalue weighted by Gasteiger charge is 2.62. The fourth-order valence-corrected chi connectivity index (χ4v) is 9.21. The van der Waals surface area contributed by atoms with Crippen molar-refractivity contribution < 1.29 is 45.9 Å². The highest BCUT2D eigenvalue weighted by molar-refractivity contribution is 7.91. The van der Waals surface area contributed by atoms with Crippen molar-refractivity contribution >= 4 is 55.9 Å². The third-order valence-corrected chi connectivity index (χ3v) is 12.9. The van der Waals surface area contributed by atoms with Crippen LogP contribution in [0.25, 0.3) is 33.5 Å². The molecule has 2 aromatic carbocycles. The Balaban J connectivity index is 1.15. The van der Waals surface area contributed by atoms with E-state index in [0.717, 1.165) is 12.8 Å². The molecule has 312 valence electrons. The molecular weight excluding hydrogens is 784 g/mol. The molecule has 0 unspecified atom stereocenters. The molecule has 59 heavy (non-hydrogen) atoms. The number of allylic oxidation sites excluding steroid dienone is 1. The number of sulfonamides is 1. The number of alkyl carbamates (subject to hydrolysis) is 1. The quantitative estimate of drug-likeness (QED) is 0.201.